The van der Waals surface area contributed by atoms with Gasteiger partial charge in [-0.2, -0.15) is 0 Å². The lowest BCUT2D eigenvalue weighted by Gasteiger charge is -2.08. The largest absolute Gasteiger partial charge is 0.493 e. The van der Waals surface area contributed by atoms with Gasteiger partial charge in [-0.05, 0) is 12.5 Å². The normalized spacial score (nSPS) is 17.5. The van der Waals surface area contributed by atoms with Crippen molar-refractivity contribution in [1.29, 1.82) is 0 Å². The molecule has 0 amide bonds. The number of carbonyl (C=O) groups is 3. The fourth-order valence-corrected chi connectivity index (χ4v) is 1.89. The van der Waals surface area contributed by atoms with Gasteiger partial charge in [-0.25, -0.2) is 0 Å². The summed E-state index contributed by atoms with van der Waals surface area (Å²) in [4.78, 5) is 34.2. The molecule has 5 nitrogen and oxygen atoms in total. The second kappa shape index (κ2) is 5.00. The lowest BCUT2D eigenvalue weighted by atomic mass is 10.1. The van der Waals surface area contributed by atoms with Gasteiger partial charge in [0, 0.05) is 5.56 Å². The van der Waals surface area contributed by atoms with Crippen molar-refractivity contribution in [2.75, 3.05) is 6.61 Å². The van der Waals surface area contributed by atoms with E-state index in [9.17, 15) is 14.4 Å². The number of carbonyl (C=O) groups excluding carboxylic acids is 3. The standard InChI is InChI=1S/C13H12O5/c1-2-6-17-9-5-3-4-8-10(9)12(16)13(11(8)15)18-7-14/h3-5,7,13H,2,6H2,1H3. The van der Waals surface area contributed by atoms with Crippen LogP contribution in [0.15, 0.2) is 18.2 Å². The number of rotatable bonds is 5. The maximum Gasteiger partial charge on any atom is 0.294 e. The van der Waals surface area contributed by atoms with Gasteiger partial charge in [0.15, 0.2) is 0 Å². The number of benzene rings is 1. The van der Waals surface area contributed by atoms with Crippen LogP contribution in [0.25, 0.3) is 0 Å². The van der Waals surface area contributed by atoms with Gasteiger partial charge in [-0.15, -0.1) is 0 Å². The minimum absolute atomic E-state index is 0.110. The number of hydrogen-bond acceptors (Lipinski definition) is 5. The van der Waals surface area contributed by atoms with E-state index < -0.39 is 17.7 Å². The molecule has 1 aliphatic carbocycles. The molecular weight excluding hydrogens is 236 g/mol. The predicted octanol–water partition coefficient (Wildman–Crippen LogP) is 1.40. The summed E-state index contributed by atoms with van der Waals surface area (Å²) in [5, 5.41) is 0. The highest BCUT2D eigenvalue weighted by molar-refractivity contribution is 6.30. The second-order valence-corrected chi connectivity index (χ2v) is 3.87. The van der Waals surface area contributed by atoms with E-state index in [1.54, 1.807) is 12.1 Å². The average molecular weight is 248 g/mol. The molecule has 0 aromatic heterocycles. The Morgan fingerprint density at radius 2 is 2.06 bits per heavy atom. The average Bonchev–Trinajstić information content (AvgIpc) is 2.63. The first-order chi connectivity index (χ1) is 8.70. The summed E-state index contributed by atoms with van der Waals surface area (Å²) in [6.45, 7) is 2.50. The minimum Gasteiger partial charge on any atom is -0.493 e. The molecule has 0 saturated carbocycles. The summed E-state index contributed by atoms with van der Waals surface area (Å²) < 4.78 is 9.96. The van der Waals surface area contributed by atoms with Crippen molar-refractivity contribution in [3.63, 3.8) is 0 Å². The molecule has 1 unspecified atom stereocenters. The van der Waals surface area contributed by atoms with Crippen molar-refractivity contribution in [2.24, 2.45) is 0 Å². The fourth-order valence-electron chi connectivity index (χ4n) is 1.89. The number of hydrogen-bond donors (Lipinski definition) is 0. The number of ether oxygens (including phenoxy) is 2. The first kappa shape index (κ1) is 12.3. The quantitative estimate of drug-likeness (QED) is 0.581. The lowest BCUT2D eigenvalue weighted by molar-refractivity contribution is -0.130. The van der Waals surface area contributed by atoms with Crippen LogP contribution in [-0.2, 0) is 9.53 Å². The highest BCUT2D eigenvalue weighted by atomic mass is 16.5. The smallest absolute Gasteiger partial charge is 0.294 e. The number of fused-ring (bicyclic) bond motifs is 1. The molecule has 2 rings (SSSR count). The third-order valence-electron chi connectivity index (χ3n) is 2.67. The van der Waals surface area contributed by atoms with Crippen molar-refractivity contribution in [2.45, 2.75) is 19.4 Å². The molecule has 94 valence electrons. The van der Waals surface area contributed by atoms with Gasteiger partial charge < -0.3 is 9.47 Å². The number of Topliss-reactive ketones (excluding diaryl/α,β-unsaturated/α-hetero) is 2. The molecule has 18 heavy (non-hydrogen) atoms. The van der Waals surface area contributed by atoms with Gasteiger partial charge in [0.2, 0.25) is 17.7 Å². The van der Waals surface area contributed by atoms with Crippen LogP contribution in [-0.4, -0.2) is 30.7 Å². The molecule has 0 saturated heterocycles. The zero-order valence-electron chi connectivity index (χ0n) is 9.84. The van der Waals surface area contributed by atoms with E-state index >= 15 is 0 Å². The second-order valence-electron chi connectivity index (χ2n) is 3.87. The van der Waals surface area contributed by atoms with Gasteiger partial charge in [-0.3, -0.25) is 14.4 Å². The Morgan fingerprint density at radius 1 is 1.28 bits per heavy atom. The lowest BCUT2D eigenvalue weighted by Crippen LogP contribution is -2.25. The maximum absolute atomic E-state index is 12.0. The summed E-state index contributed by atoms with van der Waals surface area (Å²) >= 11 is 0. The third-order valence-corrected chi connectivity index (χ3v) is 2.67. The van der Waals surface area contributed by atoms with E-state index in [-0.39, 0.29) is 17.6 Å². The Kier molecular flexibility index (Phi) is 3.41. The van der Waals surface area contributed by atoms with Crippen LogP contribution in [0.5, 0.6) is 5.75 Å². The molecule has 5 heteroatoms. The molecule has 1 atom stereocenters. The molecule has 0 fully saturated rings. The SMILES string of the molecule is CCCOc1cccc2c1C(=O)C(OC=O)C2=O. The van der Waals surface area contributed by atoms with E-state index in [1.807, 2.05) is 6.92 Å². The molecule has 0 aliphatic heterocycles. The molecule has 0 radical (unpaired) electrons. The highest BCUT2D eigenvalue weighted by Crippen LogP contribution is 2.31. The molecule has 0 bridgehead atoms. The van der Waals surface area contributed by atoms with Gasteiger partial charge in [0.1, 0.15) is 5.75 Å². The van der Waals surface area contributed by atoms with Crippen LogP contribution >= 0.6 is 0 Å². The fraction of sp³-hybridized carbons (Fsp3) is 0.308. The monoisotopic (exact) mass is 248 g/mol. The molecule has 1 aliphatic rings. The summed E-state index contributed by atoms with van der Waals surface area (Å²) in [5.74, 6) is -0.650. The Labute approximate surface area is 104 Å². The van der Waals surface area contributed by atoms with Crippen molar-refractivity contribution < 1.29 is 23.9 Å². The Hall–Kier alpha value is -2.17. The summed E-state index contributed by atoms with van der Waals surface area (Å²) in [5.41, 5.74) is 0.461. The Balaban J connectivity index is 2.40. The van der Waals surface area contributed by atoms with Gasteiger partial charge in [-0.1, -0.05) is 19.1 Å². The van der Waals surface area contributed by atoms with E-state index in [2.05, 4.69) is 4.74 Å². The molecule has 1 aromatic rings. The summed E-state index contributed by atoms with van der Waals surface area (Å²) in [7, 11) is 0. The first-order valence-electron chi connectivity index (χ1n) is 5.64. The minimum atomic E-state index is -1.36. The van der Waals surface area contributed by atoms with Crippen molar-refractivity contribution in [1.82, 2.24) is 0 Å². The molecular formula is C13H12O5. The Bertz CT molecular complexity index is 506. The van der Waals surface area contributed by atoms with Crippen LogP contribution in [0.4, 0.5) is 0 Å². The van der Waals surface area contributed by atoms with Crippen LogP contribution < -0.4 is 4.74 Å². The maximum atomic E-state index is 12.0. The number of ketones is 2. The molecule has 0 heterocycles. The zero-order valence-corrected chi connectivity index (χ0v) is 9.84. The van der Waals surface area contributed by atoms with Crippen molar-refractivity contribution in [3.05, 3.63) is 29.3 Å². The van der Waals surface area contributed by atoms with E-state index in [0.717, 1.165) is 6.42 Å². The zero-order chi connectivity index (χ0) is 13.1. The van der Waals surface area contributed by atoms with Crippen LogP contribution in [0.3, 0.4) is 0 Å². The van der Waals surface area contributed by atoms with Gasteiger partial charge in [0.25, 0.3) is 6.47 Å². The van der Waals surface area contributed by atoms with Gasteiger partial charge >= 0.3 is 0 Å². The molecule has 1 aromatic carbocycles. The summed E-state index contributed by atoms with van der Waals surface area (Å²) in [6.07, 6.45) is -0.566. The van der Waals surface area contributed by atoms with Crippen LogP contribution in [0, 0.1) is 0 Å². The van der Waals surface area contributed by atoms with Crippen LogP contribution in [0.1, 0.15) is 34.1 Å². The summed E-state index contributed by atoms with van der Waals surface area (Å²) in [6, 6.07) is 4.80. The van der Waals surface area contributed by atoms with E-state index in [1.165, 1.54) is 6.07 Å². The van der Waals surface area contributed by atoms with Crippen molar-refractivity contribution in [3.8, 4) is 5.75 Å². The topological polar surface area (TPSA) is 69.7 Å². The molecule has 0 N–H and O–H groups in total. The van der Waals surface area contributed by atoms with Gasteiger partial charge in [0.05, 0.1) is 12.2 Å². The highest BCUT2D eigenvalue weighted by Gasteiger charge is 2.42. The third kappa shape index (κ3) is 1.88. The van der Waals surface area contributed by atoms with Crippen molar-refractivity contribution >= 4 is 18.0 Å². The first-order valence-corrected chi connectivity index (χ1v) is 5.64. The predicted molar refractivity (Wildman–Crippen MR) is 61.8 cm³/mol. The van der Waals surface area contributed by atoms with Crippen LogP contribution in [0.2, 0.25) is 0 Å². The Morgan fingerprint density at radius 3 is 2.72 bits per heavy atom. The van der Waals surface area contributed by atoms with E-state index in [4.69, 9.17) is 4.74 Å². The molecule has 0 spiro atoms. The van der Waals surface area contributed by atoms with E-state index in [0.29, 0.717) is 12.4 Å².